The Bertz CT molecular complexity index is 445. The highest BCUT2D eigenvalue weighted by Gasteiger charge is 2.15. The molecule has 0 spiro atoms. The average molecular weight is 277 g/mol. The lowest BCUT2D eigenvalue weighted by Crippen LogP contribution is -2.32. The maximum atomic E-state index is 11.8. The van der Waals surface area contributed by atoms with Crippen molar-refractivity contribution in [1.82, 2.24) is 5.32 Å². The molecule has 0 atom stereocenters. The van der Waals surface area contributed by atoms with Gasteiger partial charge in [-0.05, 0) is 30.0 Å². The predicted molar refractivity (Wildman–Crippen MR) is 86.1 cm³/mol. The highest BCUT2D eigenvalue weighted by molar-refractivity contribution is 5.96. The fourth-order valence-electron chi connectivity index (χ4n) is 2.26. The van der Waals surface area contributed by atoms with Gasteiger partial charge in [0, 0.05) is 25.7 Å². The Balaban J connectivity index is 3.13. The normalized spacial score (nSPS) is 10.9. The molecule has 1 rings (SSSR count). The van der Waals surface area contributed by atoms with Gasteiger partial charge in [-0.25, -0.2) is 0 Å². The number of nitrogen functional groups attached to an aromatic ring is 1. The first-order valence-corrected chi connectivity index (χ1v) is 7.21. The van der Waals surface area contributed by atoms with Gasteiger partial charge in [-0.3, -0.25) is 4.79 Å². The molecule has 0 saturated carbocycles. The summed E-state index contributed by atoms with van der Waals surface area (Å²) in [6.07, 6.45) is 0. The summed E-state index contributed by atoms with van der Waals surface area (Å²) >= 11 is 0. The van der Waals surface area contributed by atoms with Gasteiger partial charge < -0.3 is 16.0 Å². The van der Waals surface area contributed by atoms with Crippen molar-refractivity contribution in [2.45, 2.75) is 27.7 Å². The van der Waals surface area contributed by atoms with E-state index in [1.165, 1.54) is 0 Å². The van der Waals surface area contributed by atoms with Crippen LogP contribution >= 0.6 is 0 Å². The fraction of sp³-hybridized carbons (Fsp3) is 0.562. The maximum absolute atomic E-state index is 11.8. The van der Waals surface area contributed by atoms with E-state index in [2.05, 4.69) is 37.9 Å². The summed E-state index contributed by atoms with van der Waals surface area (Å²) in [6, 6.07) is 5.47. The molecule has 1 aromatic rings. The van der Waals surface area contributed by atoms with E-state index < -0.39 is 0 Å². The largest absolute Gasteiger partial charge is 0.397 e. The van der Waals surface area contributed by atoms with Crippen LogP contribution in [0.15, 0.2) is 18.2 Å². The van der Waals surface area contributed by atoms with Gasteiger partial charge in [0.05, 0.1) is 11.4 Å². The number of anilines is 2. The van der Waals surface area contributed by atoms with Gasteiger partial charge in [0.25, 0.3) is 5.91 Å². The van der Waals surface area contributed by atoms with Crippen molar-refractivity contribution in [3.05, 3.63) is 23.8 Å². The quantitative estimate of drug-likeness (QED) is 0.786. The monoisotopic (exact) mass is 277 g/mol. The summed E-state index contributed by atoms with van der Waals surface area (Å²) in [7, 11) is 1.64. The Morgan fingerprint density at radius 1 is 1.20 bits per heavy atom. The SMILES string of the molecule is CNC(=O)c1ccc(N)c(N(CC(C)C)CC(C)C)c1. The third kappa shape index (κ3) is 4.44. The number of nitrogens with two attached hydrogens (primary N) is 1. The van der Waals surface area contributed by atoms with E-state index in [0.29, 0.717) is 17.4 Å². The maximum Gasteiger partial charge on any atom is 0.251 e. The Kier molecular flexibility index (Phi) is 5.86. The molecule has 20 heavy (non-hydrogen) atoms. The van der Waals surface area contributed by atoms with Crippen molar-refractivity contribution in [2.75, 3.05) is 30.8 Å². The molecule has 0 aromatic heterocycles. The summed E-state index contributed by atoms with van der Waals surface area (Å²) in [5.41, 5.74) is 8.43. The van der Waals surface area contributed by atoms with Crippen molar-refractivity contribution in [3.63, 3.8) is 0 Å². The van der Waals surface area contributed by atoms with E-state index >= 15 is 0 Å². The number of amides is 1. The van der Waals surface area contributed by atoms with Crippen LogP contribution in [0.1, 0.15) is 38.1 Å². The summed E-state index contributed by atoms with van der Waals surface area (Å²) in [6.45, 7) is 10.6. The first-order valence-electron chi connectivity index (χ1n) is 7.21. The van der Waals surface area contributed by atoms with Gasteiger partial charge in [-0.1, -0.05) is 27.7 Å². The number of rotatable bonds is 6. The molecule has 0 fully saturated rings. The lowest BCUT2D eigenvalue weighted by molar-refractivity contribution is 0.0963. The van der Waals surface area contributed by atoms with Crippen LogP contribution in [0.5, 0.6) is 0 Å². The average Bonchev–Trinajstić information content (AvgIpc) is 2.36. The molecule has 0 aliphatic heterocycles. The van der Waals surface area contributed by atoms with Crippen LogP contribution < -0.4 is 16.0 Å². The number of carbonyl (C=O) groups is 1. The predicted octanol–water partition coefficient (Wildman–Crippen LogP) is 2.75. The molecule has 0 saturated heterocycles. The molecular formula is C16H27N3O. The standard InChI is InChI=1S/C16H27N3O/c1-11(2)9-19(10-12(3)4)15-8-13(16(20)18-5)6-7-14(15)17/h6-8,11-12H,9-10,17H2,1-5H3,(H,18,20). The van der Waals surface area contributed by atoms with Crippen LogP contribution in [-0.2, 0) is 0 Å². The molecule has 0 aliphatic rings. The van der Waals surface area contributed by atoms with Gasteiger partial charge in [0.1, 0.15) is 0 Å². The summed E-state index contributed by atoms with van der Waals surface area (Å²) in [4.78, 5) is 14.0. The van der Waals surface area contributed by atoms with E-state index in [-0.39, 0.29) is 5.91 Å². The van der Waals surface area contributed by atoms with Crippen LogP contribution in [0.25, 0.3) is 0 Å². The molecule has 0 bridgehead atoms. The summed E-state index contributed by atoms with van der Waals surface area (Å²) in [5.74, 6) is 0.994. The van der Waals surface area contributed by atoms with Gasteiger partial charge in [0.15, 0.2) is 0 Å². The second kappa shape index (κ2) is 7.17. The lowest BCUT2D eigenvalue weighted by atomic mass is 10.1. The smallest absolute Gasteiger partial charge is 0.251 e. The van der Waals surface area contributed by atoms with Gasteiger partial charge in [-0.2, -0.15) is 0 Å². The molecule has 1 aromatic carbocycles. The number of benzene rings is 1. The van der Waals surface area contributed by atoms with Crippen molar-refractivity contribution >= 4 is 17.3 Å². The van der Waals surface area contributed by atoms with E-state index in [1.807, 2.05) is 12.1 Å². The summed E-state index contributed by atoms with van der Waals surface area (Å²) in [5, 5.41) is 2.65. The zero-order valence-electron chi connectivity index (χ0n) is 13.2. The number of nitrogens with zero attached hydrogens (tertiary/aromatic N) is 1. The van der Waals surface area contributed by atoms with Crippen LogP contribution in [0.3, 0.4) is 0 Å². The van der Waals surface area contributed by atoms with Crippen LogP contribution in [0.2, 0.25) is 0 Å². The first kappa shape index (κ1) is 16.3. The minimum absolute atomic E-state index is 0.0831. The Morgan fingerprint density at radius 2 is 1.75 bits per heavy atom. The fourth-order valence-corrected chi connectivity index (χ4v) is 2.26. The molecule has 0 radical (unpaired) electrons. The van der Waals surface area contributed by atoms with E-state index in [4.69, 9.17) is 5.73 Å². The molecule has 0 unspecified atom stereocenters. The zero-order chi connectivity index (χ0) is 15.3. The van der Waals surface area contributed by atoms with Crippen molar-refractivity contribution in [1.29, 1.82) is 0 Å². The number of nitrogens with one attached hydrogen (secondary N) is 1. The summed E-state index contributed by atoms with van der Waals surface area (Å²) < 4.78 is 0. The van der Waals surface area contributed by atoms with E-state index in [1.54, 1.807) is 13.1 Å². The number of carbonyl (C=O) groups excluding carboxylic acids is 1. The van der Waals surface area contributed by atoms with E-state index in [0.717, 1.165) is 24.5 Å². The van der Waals surface area contributed by atoms with Crippen molar-refractivity contribution in [2.24, 2.45) is 11.8 Å². The Morgan fingerprint density at radius 3 is 2.20 bits per heavy atom. The molecular weight excluding hydrogens is 250 g/mol. The van der Waals surface area contributed by atoms with Gasteiger partial charge in [0.2, 0.25) is 0 Å². The molecule has 4 heteroatoms. The molecule has 112 valence electrons. The van der Waals surface area contributed by atoms with Crippen LogP contribution in [-0.4, -0.2) is 26.0 Å². The second-order valence-corrected chi connectivity index (χ2v) is 6.05. The second-order valence-electron chi connectivity index (χ2n) is 6.05. The highest BCUT2D eigenvalue weighted by Crippen LogP contribution is 2.26. The minimum Gasteiger partial charge on any atom is -0.397 e. The molecule has 0 heterocycles. The van der Waals surface area contributed by atoms with E-state index in [9.17, 15) is 4.79 Å². The molecule has 1 amide bonds. The third-order valence-electron chi connectivity index (χ3n) is 3.03. The topological polar surface area (TPSA) is 58.4 Å². The zero-order valence-corrected chi connectivity index (χ0v) is 13.2. The number of hydrogen-bond acceptors (Lipinski definition) is 3. The van der Waals surface area contributed by atoms with Crippen molar-refractivity contribution < 1.29 is 4.79 Å². The van der Waals surface area contributed by atoms with Gasteiger partial charge >= 0.3 is 0 Å². The third-order valence-corrected chi connectivity index (χ3v) is 3.03. The molecule has 3 N–H and O–H groups in total. The van der Waals surface area contributed by atoms with Crippen molar-refractivity contribution in [3.8, 4) is 0 Å². The molecule has 4 nitrogen and oxygen atoms in total. The van der Waals surface area contributed by atoms with Crippen LogP contribution in [0.4, 0.5) is 11.4 Å². The lowest BCUT2D eigenvalue weighted by Gasteiger charge is -2.30. The minimum atomic E-state index is -0.0831. The van der Waals surface area contributed by atoms with Gasteiger partial charge in [-0.15, -0.1) is 0 Å². The molecule has 0 aliphatic carbocycles. The highest BCUT2D eigenvalue weighted by atomic mass is 16.1. The Labute approximate surface area is 122 Å². The first-order chi connectivity index (χ1) is 9.35. The number of hydrogen-bond donors (Lipinski definition) is 2. The Hall–Kier alpha value is -1.71. The van der Waals surface area contributed by atoms with Crippen LogP contribution in [0, 0.1) is 11.8 Å².